The molecule has 6 atom stereocenters. The summed E-state index contributed by atoms with van der Waals surface area (Å²) in [4.78, 5) is 36.9. The molecule has 4 aromatic rings. The molecule has 0 bridgehead atoms. The molecule has 412 valence electrons. The summed E-state index contributed by atoms with van der Waals surface area (Å²) >= 11 is 0. The van der Waals surface area contributed by atoms with Crippen molar-refractivity contribution in [2.24, 2.45) is 22.9 Å². The Bertz CT molecular complexity index is 2560. The molecule has 2 amide bonds. The summed E-state index contributed by atoms with van der Waals surface area (Å²) < 4.78 is 38.1. The zero-order chi connectivity index (χ0) is 53.7. The minimum atomic E-state index is -1.53. The molecule has 0 saturated heterocycles. The van der Waals surface area contributed by atoms with Crippen LogP contribution in [-0.2, 0) is 20.9 Å². The van der Waals surface area contributed by atoms with Crippen molar-refractivity contribution in [1.29, 1.82) is 0 Å². The third-order valence-corrected chi connectivity index (χ3v) is 15.4. The van der Waals surface area contributed by atoms with Gasteiger partial charge in [0.2, 0.25) is 5.79 Å². The number of aliphatic hydroxyl groups excluding tert-OH is 2. The van der Waals surface area contributed by atoms with Crippen molar-refractivity contribution in [3.05, 3.63) is 114 Å². The first-order valence-electron chi connectivity index (χ1n) is 28.0. The average Bonchev–Trinajstić information content (AvgIpc) is 3.48. The molecule has 1 heterocycles. The fraction of sp³-hybridized carbons (Fsp3) is 0.532. The molecule has 3 aliphatic rings. The number of methoxy groups -OCH3 is 2. The summed E-state index contributed by atoms with van der Waals surface area (Å²) in [6.45, 7) is 9.23. The number of fused-ring (bicyclic) bond motifs is 3. The number of hydrogen-bond donors (Lipinski definition) is 3. The predicted octanol–water partition coefficient (Wildman–Crippen LogP) is 13.7. The quantitative estimate of drug-likeness (QED) is 0.0249. The largest absolute Gasteiger partial charge is 0.497 e. The normalized spacial score (nSPS) is 20.9. The Morgan fingerprint density at radius 2 is 1.55 bits per heavy atom. The maximum atomic E-state index is 15.3. The van der Waals surface area contributed by atoms with E-state index >= 15 is 4.79 Å². The molecule has 14 heteroatoms. The monoisotopic (exact) mass is 1050 g/mol. The summed E-state index contributed by atoms with van der Waals surface area (Å²) in [6.07, 6.45) is 18.9. The molecule has 1 saturated carbocycles. The second-order valence-electron chi connectivity index (χ2n) is 20.3. The van der Waals surface area contributed by atoms with Gasteiger partial charge in [-0.25, -0.2) is 9.59 Å². The smallest absolute Gasteiger partial charge is 0.417 e. The fourth-order valence-electron chi connectivity index (χ4n) is 11.7. The Kier molecular flexibility index (Phi) is 22.3. The Balaban J connectivity index is 1.33. The number of carbonyl (C=O) groups is 2. The van der Waals surface area contributed by atoms with E-state index in [1.54, 1.807) is 42.4 Å². The highest BCUT2D eigenvalue weighted by atomic mass is 16.7. The SMILES string of the molecule is C=CCO[C@@]12Oc3ccc(OC(=O)Nc4ccc(OC)cc4OC)cc3[C@H]3[C@H](CCCCO)[C@@H](CCCCO)C=C(C(=NOCC)C[C@@H]1N(Cc1cccc4ccccc14)C(=O)OCCCCCCCCCCCC)[C@H]32. The number of anilines is 1. The molecule has 0 aromatic heterocycles. The Labute approximate surface area is 450 Å². The second kappa shape index (κ2) is 29.4. The molecular formula is C62H83N3O11. The van der Waals surface area contributed by atoms with Crippen molar-refractivity contribution in [1.82, 2.24) is 4.90 Å². The van der Waals surface area contributed by atoms with Crippen LogP contribution in [0.2, 0.25) is 0 Å². The number of hydrogen-bond acceptors (Lipinski definition) is 12. The molecule has 2 aliphatic carbocycles. The highest BCUT2D eigenvalue weighted by Gasteiger charge is 2.66. The van der Waals surface area contributed by atoms with Crippen molar-refractivity contribution in [2.75, 3.05) is 52.6 Å². The average molecular weight is 1050 g/mol. The van der Waals surface area contributed by atoms with Crippen LogP contribution in [0.3, 0.4) is 0 Å². The number of benzene rings is 4. The fourth-order valence-corrected chi connectivity index (χ4v) is 11.7. The number of allylic oxidation sites excluding steroid dienone is 1. The van der Waals surface area contributed by atoms with E-state index in [1.807, 2.05) is 37.3 Å². The van der Waals surface area contributed by atoms with E-state index in [4.69, 9.17) is 38.4 Å². The molecule has 14 nitrogen and oxygen atoms in total. The predicted molar refractivity (Wildman–Crippen MR) is 298 cm³/mol. The first kappa shape index (κ1) is 57.6. The van der Waals surface area contributed by atoms with Crippen LogP contribution in [0, 0.1) is 17.8 Å². The van der Waals surface area contributed by atoms with E-state index in [0.717, 1.165) is 72.4 Å². The highest BCUT2D eigenvalue weighted by Crippen LogP contribution is 2.62. The molecule has 3 N–H and O–H groups in total. The lowest BCUT2D eigenvalue weighted by molar-refractivity contribution is -0.256. The van der Waals surface area contributed by atoms with Gasteiger partial charge in [-0.2, -0.15) is 0 Å². The molecule has 76 heavy (non-hydrogen) atoms. The molecule has 1 aliphatic heterocycles. The Morgan fingerprint density at radius 1 is 0.829 bits per heavy atom. The first-order valence-corrected chi connectivity index (χ1v) is 28.0. The minimum absolute atomic E-state index is 0.00106. The summed E-state index contributed by atoms with van der Waals surface area (Å²) in [6, 6.07) is 24.0. The third kappa shape index (κ3) is 14.3. The maximum absolute atomic E-state index is 15.3. The molecule has 7 rings (SSSR count). The van der Waals surface area contributed by atoms with Crippen molar-refractivity contribution in [3.8, 4) is 23.0 Å². The van der Waals surface area contributed by atoms with Crippen LogP contribution in [0.1, 0.15) is 140 Å². The minimum Gasteiger partial charge on any atom is -0.497 e. The van der Waals surface area contributed by atoms with Crippen molar-refractivity contribution in [2.45, 2.75) is 147 Å². The van der Waals surface area contributed by atoms with Gasteiger partial charge in [0.25, 0.3) is 0 Å². The van der Waals surface area contributed by atoms with Crippen LogP contribution < -0.4 is 24.3 Å². The van der Waals surface area contributed by atoms with Crippen LogP contribution >= 0.6 is 0 Å². The van der Waals surface area contributed by atoms with Crippen molar-refractivity contribution >= 4 is 34.4 Å². The number of oxime groups is 1. The molecule has 0 spiro atoms. The second-order valence-corrected chi connectivity index (χ2v) is 20.3. The summed E-state index contributed by atoms with van der Waals surface area (Å²) in [7, 11) is 3.07. The van der Waals surface area contributed by atoms with Crippen LogP contribution in [0.5, 0.6) is 23.0 Å². The lowest BCUT2D eigenvalue weighted by Crippen LogP contribution is -2.70. The molecule has 1 fully saturated rings. The van der Waals surface area contributed by atoms with Gasteiger partial charge in [0.05, 0.1) is 51.3 Å². The Hall–Kier alpha value is -6.09. The number of unbranched alkanes of at least 4 members (excludes halogenated alkanes) is 11. The van der Waals surface area contributed by atoms with E-state index in [-0.39, 0.29) is 62.9 Å². The lowest BCUT2D eigenvalue weighted by atomic mass is 9.55. The van der Waals surface area contributed by atoms with E-state index < -0.39 is 29.9 Å². The van der Waals surface area contributed by atoms with Gasteiger partial charge in [-0.1, -0.05) is 137 Å². The highest BCUT2D eigenvalue weighted by molar-refractivity contribution is 6.03. The van der Waals surface area contributed by atoms with Crippen molar-refractivity contribution < 1.29 is 53.1 Å². The standard InChI is InChI=1S/C62H83N3O11/c1-6-9-10-11-12-13-14-15-16-23-38-72-61(69)65(43-46-28-24-27-44-25-17-18-29-49(44)46)57-42-54(64-74-8-3)51-39-45(26-19-21-35-66)50(30-20-22-36-67)58-52-40-48(32-34-55(52)76-62(57,59(51)58)73-37-7-2)75-60(68)63-53-33-31-47(70-4)41-56(53)71-5/h7,17-18,24-25,27-29,31-34,39-41,45,50,57-59,66-67H,2,6,8-16,19-23,26,30,35-38,42-43H2,1,3-5H3,(H,63,68)/t45-,50+,57-,58+,59+,62+/m0/s1. The van der Waals surface area contributed by atoms with Gasteiger partial charge in [-0.3, -0.25) is 10.2 Å². The number of ether oxygens (including phenoxy) is 6. The van der Waals surface area contributed by atoms with Crippen molar-refractivity contribution in [3.63, 3.8) is 0 Å². The first-order chi connectivity index (χ1) is 37.2. The maximum Gasteiger partial charge on any atom is 0.417 e. The zero-order valence-electron chi connectivity index (χ0n) is 45.5. The van der Waals surface area contributed by atoms with Gasteiger partial charge < -0.3 is 43.5 Å². The van der Waals surface area contributed by atoms with Gasteiger partial charge >= 0.3 is 12.2 Å². The van der Waals surface area contributed by atoms with Gasteiger partial charge in [-0.15, -0.1) is 6.58 Å². The van der Waals surface area contributed by atoms with E-state index in [9.17, 15) is 15.0 Å². The molecular weight excluding hydrogens is 963 g/mol. The molecule has 4 aromatic carbocycles. The number of carbonyl (C=O) groups excluding carboxylic acids is 2. The zero-order valence-corrected chi connectivity index (χ0v) is 45.5. The van der Waals surface area contributed by atoms with Crippen LogP contribution in [-0.4, -0.2) is 92.1 Å². The van der Waals surface area contributed by atoms with Gasteiger partial charge in [0.15, 0.2) is 0 Å². The number of nitrogens with one attached hydrogen (secondary N) is 1. The summed E-state index contributed by atoms with van der Waals surface area (Å²) in [5.74, 6) is -0.725. The summed E-state index contributed by atoms with van der Waals surface area (Å²) in [5, 5.41) is 29.9. The number of amides is 2. The van der Waals surface area contributed by atoms with E-state index in [1.165, 1.54) is 52.1 Å². The third-order valence-electron chi connectivity index (χ3n) is 15.4. The van der Waals surface area contributed by atoms with Gasteiger partial charge in [0.1, 0.15) is 35.6 Å². The summed E-state index contributed by atoms with van der Waals surface area (Å²) in [5.41, 5.74) is 3.73. The van der Waals surface area contributed by atoms with Crippen LogP contribution in [0.4, 0.5) is 15.3 Å². The topological polar surface area (TPSA) is 167 Å². The van der Waals surface area contributed by atoms with Gasteiger partial charge in [0, 0.05) is 37.2 Å². The Morgan fingerprint density at radius 3 is 2.28 bits per heavy atom. The van der Waals surface area contributed by atoms with Crippen LogP contribution in [0.25, 0.3) is 10.8 Å². The number of nitrogens with zero attached hydrogens (tertiary/aromatic N) is 2. The number of rotatable bonds is 31. The van der Waals surface area contributed by atoms with E-state index in [0.29, 0.717) is 48.1 Å². The lowest BCUT2D eigenvalue weighted by Gasteiger charge is -2.59. The number of aliphatic hydroxyl groups is 2. The van der Waals surface area contributed by atoms with Crippen LogP contribution in [0.15, 0.2) is 108 Å². The molecule has 0 unspecified atom stereocenters. The molecule has 0 radical (unpaired) electrons. The van der Waals surface area contributed by atoms with Gasteiger partial charge in [-0.05, 0) is 103 Å². The van der Waals surface area contributed by atoms with E-state index in [2.05, 4.69) is 49.2 Å².